The molecule has 0 aliphatic heterocycles. The molecule has 0 atom stereocenters. The van der Waals surface area contributed by atoms with Crippen LogP contribution in [0.15, 0.2) is 16.5 Å². The summed E-state index contributed by atoms with van der Waals surface area (Å²) in [5.74, 6) is -1.73. The number of ether oxygens (including phenoxy) is 2. The van der Waals surface area contributed by atoms with Crippen molar-refractivity contribution in [1.29, 1.82) is 0 Å². The fraction of sp³-hybridized carbons (Fsp3) is 0.267. The summed E-state index contributed by atoms with van der Waals surface area (Å²) in [6, 6.07) is 1.80. The van der Waals surface area contributed by atoms with Crippen LogP contribution in [-0.2, 0) is 7.05 Å². The number of nitrogens with zero attached hydrogens (tertiary/aromatic N) is 4. The molecular formula is C15H7Cl2F7N4O2S2. The summed E-state index contributed by atoms with van der Waals surface area (Å²) < 4.78 is 100. The van der Waals surface area contributed by atoms with Crippen molar-refractivity contribution in [1.82, 2.24) is 20.0 Å². The molecule has 6 nitrogen and oxygen atoms in total. The summed E-state index contributed by atoms with van der Waals surface area (Å²) in [6.07, 6.45) is -3.93. The van der Waals surface area contributed by atoms with Crippen LogP contribution in [0.3, 0.4) is 0 Å². The number of halogens is 9. The SMILES string of the molecule is Cn1nc(-c2cc(Oc3nnc(SC(F)(F)C(F)F)s3)c(Cl)cc2F)c(Cl)c1OC(F)F. The standard InChI is InChI=1S/C15H7Cl2F7N4O2S2/c1-28-10(30-12(21)22)8(17)9(27-28)4-2-7(5(16)3-6(4)18)29-13-25-26-14(31-13)32-15(23,24)11(19)20/h2-3,11-12H,1H3. The van der Waals surface area contributed by atoms with Gasteiger partial charge in [-0.1, -0.05) is 28.3 Å². The predicted octanol–water partition coefficient (Wildman–Crippen LogP) is 6.73. The minimum absolute atomic E-state index is 0.255. The Kier molecular flexibility index (Phi) is 7.31. The lowest BCUT2D eigenvalue weighted by Gasteiger charge is -2.11. The van der Waals surface area contributed by atoms with Crippen molar-refractivity contribution in [3.63, 3.8) is 0 Å². The van der Waals surface area contributed by atoms with Crippen molar-refractivity contribution in [3.8, 4) is 28.1 Å². The summed E-state index contributed by atoms with van der Waals surface area (Å²) in [5, 5.41) is 5.11. The van der Waals surface area contributed by atoms with Crippen LogP contribution in [0, 0.1) is 5.82 Å². The summed E-state index contributed by atoms with van der Waals surface area (Å²) in [4.78, 5) is 0. The van der Waals surface area contributed by atoms with Gasteiger partial charge in [-0.25, -0.2) is 17.9 Å². The highest BCUT2D eigenvalue weighted by Crippen LogP contribution is 2.44. The van der Waals surface area contributed by atoms with Gasteiger partial charge in [-0.15, -0.1) is 5.10 Å². The molecule has 3 rings (SSSR count). The van der Waals surface area contributed by atoms with E-state index in [9.17, 15) is 30.7 Å². The van der Waals surface area contributed by atoms with Gasteiger partial charge < -0.3 is 9.47 Å². The number of hydrogen-bond donors (Lipinski definition) is 0. The Bertz CT molecular complexity index is 1130. The number of aryl methyl sites for hydroxylation is 1. The van der Waals surface area contributed by atoms with E-state index in [0.717, 1.165) is 16.8 Å². The van der Waals surface area contributed by atoms with E-state index in [4.69, 9.17) is 27.9 Å². The first-order valence-electron chi connectivity index (χ1n) is 7.92. The smallest absolute Gasteiger partial charge is 0.388 e. The topological polar surface area (TPSA) is 62.1 Å². The van der Waals surface area contributed by atoms with Crippen molar-refractivity contribution in [2.75, 3.05) is 0 Å². The first-order valence-corrected chi connectivity index (χ1v) is 10.3. The zero-order chi connectivity index (χ0) is 23.8. The van der Waals surface area contributed by atoms with E-state index in [1.165, 1.54) is 7.05 Å². The Morgan fingerprint density at radius 1 is 1.16 bits per heavy atom. The maximum absolute atomic E-state index is 14.5. The molecule has 0 radical (unpaired) electrons. The van der Waals surface area contributed by atoms with Crippen LogP contribution in [0.25, 0.3) is 11.3 Å². The minimum atomic E-state index is -4.40. The van der Waals surface area contributed by atoms with Gasteiger partial charge >= 0.3 is 18.3 Å². The molecule has 32 heavy (non-hydrogen) atoms. The second-order valence-electron chi connectivity index (χ2n) is 5.63. The van der Waals surface area contributed by atoms with Gasteiger partial charge in [-0.2, -0.15) is 22.7 Å². The van der Waals surface area contributed by atoms with Crippen LogP contribution in [0.2, 0.25) is 10.0 Å². The lowest BCUT2D eigenvalue weighted by molar-refractivity contribution is -0.0563. The zero-order valence-electron chi connectivity index (χ0n) is 15.1. The number of thioether (sulfide) groups is 1. The third kappa shape index (κ3) is 5.32. The molecule has 0 fully saturated rings. The zero-order valence-corrected chi connectivity index (χ0v) is 18.3. The Labute approximate surface area is 192 Å². The molecule has 17 heteroatoms. The number of rotatable bonds is 8. The molecule has 1 aromatic carbocycles. The average Bonchev–Trinajstić information content (AvgIpc) is 3.22. The Morgan fingerprint density at radius 3 is 2.47 bits per heavy atom. The fourth-order valence-electron chi connectivity index (χ4n) is 2.19. The average molecular weight is 543 g/mol. The molecule has 0 N–H and O–H groups in total. The Hall–Kier alpha value is -1.97. The van der Waals surface area contributed by atoms with E-state index < -0.39 is 51.1 Å². The lowest BCUT2D eigenvalue weighted by Crippen LogP contribution is -2.21. The second kappa shape index (κ2) is 9.49. The van der Waals surface area contributed by atoms with Crippen molar-refractivity contribution >= 4 is 46.3 Å². The Morgan fingerprint density at radius 2 is 1.84 bits per heavy atom. The molecule has 174 valence electrons. The highest BCUT2D eigenvalue weighted by Gasteiger charge is 2.43. The summed E-state index contributed by atoms with van der Waals surface area (Å²) in [7, 11) is 1.23. The maximum Gasteiger partial charge on any atom is 0.388 e. The highest BCUT2D eigenvalue weighted by molar-refractivity contribution is 8.02. The normalized spacial score (nSPS) is 12.1. The summed E-state index contributed by atoms with van der Waals surface area (Å²) in [6.45, 7) is -3.22. The van der Waals surface area contributed by atoms with E-state index >= 15 is 0 Å². The first-order chi connectivity index (χ1) is 14.9. The monoisotopic (exact) mass is 542 g/mol. The molecule has 0 amide bonds. The van der Waals surface area contributed by atoms with Crippen molar-refractivity contribution in [2.24, 2.45) is 7.05 Å². The molecule has 0 spiro atoms. The molecule has 0 saturated carbocycles. The predicted molar refractivity (Wildman–Crippen MR) is 102 cm³/mol. The molecule has 0 bridgehead atoms. The molecular weight excluding hydrogens is 536 g/mol. The van der Waals surface area contributed by atoms with E-state index in [-0.39, 0.29) is 27.2 Å². The third-order valence-corrected chi connectivity index (χ3v) is 5.92. The number of benzene rings is 1. The molecule has 0 unspecified atom stereocenters. The number of alkyl halides is 6. The second-order valence-corrected chi connectivity index (χ2v) is 8.75. The molecule has 2 aromatic heterocycles. The van der Waals surface area contributed by atoms with E-state index in [2.05, 4.69) is 20.0 Å². The van der Waals surface area contributed by atoms with Gasteiger partial charge in [-0.3, -0.25) is 0 Å². The fourth-order valence-corrected chi connectivity index (χ4v) is 4.25. The molecule has 3 aromatic rings. The summed E-state index contributed by atoms with van der Waals surface area (Å²) in [5.41, 5.74) is -0.605. The van der Waals surface area contributed by atoms with Crippen LogP contribution in [0.4, 0.5) is 30.7 Å². The van der Waals surface area contributed by atoms with Crippen molar-refractivity contribution in [3.05, 3.63) is 28.0 Å². The minimum Gasteiger partial charge on any atom is -0.428 e. The van der Waals surface area contributed by atoms with Gasteiger partial charge in [0.25, 0.3) is 5.19 Å². The van der Waals surface area contributed by atoms with Crippen LogP contribution < -0.4 is 9.47 Å². The molecule has 2 heterocycles. The van der Waals surface area contributed by atoms with Gasteiger partial charge in [-0.05, 0) is 35.2 Å². The van der Waals surface area contributed by atoms with E-state index in [1.807, 2.05) is 0 Å². The molecule has 0 aliphatic carbocycles. The van der Waals surface area contributed by atoms with Crippen molar-refractivity contribution < 1.29 is 40.2 Å². The number of hydrogen-bond acceptors (Lipinski definition) is 7. The van der Waals surface area contributed by atoms with Gasteiger partial charge in [0.05, 0.1) is 5.02 Å². The molecule has 0 saturated heterocycles. The Balaban J connectivity index is 1.91. The van der Waals surface area contributed by atoms with Crippen molar-refractivity contribution in [2.45, 2.75) is 22.6 Å². The first kappa shape index (κ1) is 24.7. The van der Waals surface area contributed by atoms with Gasteiger partial charge in [0.2, 0.25) is 5.88 Å². The highest BCUT2D eigenvalue weighted by atomic mass is 35.5. The third-order valence-electron chi connectivity index (χ3n) is 3.48. The van der Waals surface area contributed by atoms with Gasteiger partial charge in [0.15, 0.2) is 4.34 Å². The van der Waals surface area contributed by atoms with Crippen LogP contribution >= 0.6 is 46.3 Å². The quantitative estimate of drug-likeness (QED) is 0.232. The van der Waals surface area contributed by atoms with Gasteiger partial charge in [0, 0.05) is 12.6 Å². The lowest BCUT2D eigenvalue weighted by atomic mass is 10.1. The number of aromatic nitrogens is 4. The summed E-state index contributed by atoms with van der Waals surface area (Å²) >= 11 is 11.8. The maximum atomic E-state index is 14.5. The van der Waals surface area contributed by atoms with Crippen LogP contribution in [0.1, 0.15) is 0 Å². The van der Waals surface area contributed by atoms with E-state index in [1.54, 1.807) is 0 Å². The van der Waals surface area contributed by atoms with Crippen LogP contribution in [0.5, 0.6) is 16.8 Å². The van der Waals surface area contributed by atoms with E-state index in [0.29, 0.717) is 11.3 Å². The van der Waals surface area contributed by atoms with Gasteiger partial charge in [0.1, 0.15) is 22.3 Å². The van der Waals surface area contributed by atoms with Crippen LogP contribution in [-0.4, -0.2) is 38.3 Å². The molecule has 0 aliphatic rings. The largest absolute Gasteiger partial charge is 0.428 e.